The van der Waals surface area contributed by atoms with Gasteiger partial charge in [-0.1, -0.05) is 0 Å². The van der Waals surface area contributed by atoms with Crippen molar-refractivity contribution in [2.45, 2.75) is 38.4 Å². The molecule has 2 aromatic rings. The molecule has 1 heterocycles. The molecule has 1 aliphatic carbocycles. The van der Waals surface area contributed by atoms with Crippen molar-refractivity contribution in [3.8, 4) is 11.4 Å². The van der Waals surface area contributed by atoms with Gasteiger partial charge in [0.2, 0.25) is 10.0 Å². The van der Waals surface area contributed by atoms with Crippen LogP contribution in [0.1, 0.15) is 25.3 Å². The maximum absolute atomic E-state index is 15.0. The van der Waals surface area contributed by atoms with Gasteiger partial charge in [-0.25, -0.2) is 37.0 Å². The Morgan fingerprint density at radius 3 is 2.61 bits per heavy atom. The van der Waals surface area contributed by atoms with Crippen molar-refractivity contribution in [1.82, 2.24) is 19.8 Å². The average molecular weight is 547 g/mol. The van der Waals surface area contributed by atoms with Crippen LogP contribution in [-0.4, -0.2) is 61.5 Å². The summed E-state index contributed by atoms with van der Waals surface area (Å²) in [6.45, 7) is 1.44. The first-order valence-corrected chi connectivity index (χ1v) is 12.7. The number of hydrogen-bond donors (Lipinski definition) is 1. The summed E-state index contributed by atoms with van der Waals surface area (Å²) < 4.78 is 56.9. The molecule has 0 saturated heterocycles. The fourth-order valence-electron chi connectivity index (χ4n) is 4.06. The van der Waals surface area contributed by atoms with Crippen molar-refractivity contribution in [2.75, 3.05) is 19.9 Å². The summed E-state index contributed by atoms with van der Waals surface area (Å²) in [5, 5.41) is 0.961. The van der Waals surface area contributed by atoms with Crippen LogP contribution in [0.25, 0.3) is 11.4 Å². The molecule has 0 aliphatic heterocycles. The minimum Gasteiger partial charge on any atom is -0.275 e. The summed E-state index contributed by atoms with van der Waals surface area (Å²) in [7, 11) is -1.04. The smallest absolute Gasteiger partial charge is 0.252 e. The van der Waals surface area contributed by atoms with Crippen molar-refractivity contribution in [2.24, 2.45) is 5.41 Å². The molecule has 0 unspecified atom stereocenters. The van der Waals surface area contributed by atoms with Gasteiger partial charge in [0.25, 0.3) is 5.91 Å². The fourth-order valence-corrected chi connectivity index (χ4v) is 5.13. The first-order valence-electron chi connectivity index (χ1n) is 10.2. The summed E-state index contributed by atoms with van der Waals surface area (Å²) >= 11 is 3.26. The highest BCUT2D eigenvalue weighted by Crippen LogP contribution is 2.45. The van der Waals surface area contributed by atoms with E-state index in [1.165, 1.54) is 39.3 Å². The highest BCUT2D eigenvalue weighted by molar-refractivity contribution is 9.10. The molecular formula is C21H25BrF2N4O4S. The lowest BCUT2D eigenvalue weighted by Gasteiger charge is -2.31. The van der Waals surface area contributed by atoms with Gasteiger partial charge < -0.3 is 0 Å². The van der Waals surface area contributed by atoms with Gasteiger partial charge in [0.1, 0.15) is 12.0 Å². The highest BCUT2D eigenvalue weighted by atomic mass is 79.9. The van der Waals surface area contributed by atoms with E-state index in [1.807, 2.05) is 0 Å². The lowest BCUT2D eigenvalue weighted by Crippen LogP contribution is -2.43. The number of rotatable bonds is 8. The van der Waals surface area contributed by atoms with E-state index in [0.29, 0.717) is 15.9 Å². The van der Waals surface area contributed by atoms with E-state index in [2.05, 4.69) is 30.6 Å². The number of nitrogens with zero attached hydrogens (tertiary/aromatic N) is 3. The molecule has 1 saturated carbocycles. The molecule has 180 valence electrons. The minimum absolute atomic E-state index is 0.140. The van der Waals surface area contributed by atoms with Gasteiger partial charge in [-0.3, -0.25) is 9.63 Å². The molecular weight excluding hydrogens is 522 g/mol. The molecule has 12 heteroatoms. The molecule has 3 atom stereocenters. The maximum atomic E-state index is 15.0. The van der Waals surface area contributed by atoms with Gasteiger partial charge >= 0.3 is 0 Å². The van der Waals surface area contributed by atoms with Gasteiger partial charge in [0.05, 0.1) is 28.8 Å². The Labute approximate surface area is 199 Å². The van der Waals surface area contributed by atoms with Crippen LogP contribution in [0.2, 0.25) is 0 Å². The number of alkyl halides is 1. The summed E-state index contributed by atoms with van der Waals surface area (Å²) in [6.07, 6.45) is 0.910. The number of aromatic nitrogens is 2. The molecule has 1 fully saturated rings. The quantitative estimate of drug-likeness (QED) is 0.510. The molecule has 0 spiro atoms. The van der Waals surface area contributed by atoms with E-state index in [9.17, 15) is 17.6 Å². The second-order valence-corrected chi connectivity index (χ2v) is 11.0. The molecule has 1 aliphatic rings. The lowest BCUT2D eigenvalue weighted by molar-refractivity contribution is -0.180. The molecule has 8 nitrogen and oxygen atoms in total. The van der Waals surface area contributed by atoms with Gasteiger partial charge in [-0.15, -0.1) is 0 Å². The predicted molar refractivity (Wildman–Crippen MR) is 122 cm³/mol. The van der Waals surface area contributed by atoms with Crippen LogP contribution in [0.4, 0.5) is 8.78 Å². The Hall–Kier alpha value is -2.02. The molecule has 1 aromatic carbocycles. The standard InChI is InChI=1S/C21H25BrF2N4O4S/c1-4-33(30,31)27-18-10-21(9-17(18)24,20(29)28(2)32-3)8-14-7-13(5-6-16(14)23)19-25-11-15(22)12-26-19/h5-7,11-12,17-18,27H,4,8-10H2,1-3H3/t17-,18+,21-/m0/s1. The Morgan fingerprint density at radius 1 is 1.33 bits per heavy atom. The highest BCUT2D eigenvalue weighted by Gasteiger charge is 2.53. The SMILES string of the molecule is CCS(=O)(=O)N[C@@H]1C[C@@](Cc2cc(-c3ncc(Br)cn3)ccc2F)(C(=O)N(C)OC)C[C@@H]1F. The van der Waals surface area contributed by atoms with Crippen LogP contribution in [0.15, 0.2) is 35.1 Å². The number of hydrogen-bond acceptors (Lipinski definition) is 6. The number of amides is 1. The second-order valence-electron chi connectivity index (χ2n) is 8.03. The van der Waals surface area contributed by atoms with E-state index < -0.39 is 39.4 Å². The largest absolute Gasteiger partial charge is 0.275 e. The summed E-state index contributed by atoms with van der Waals surface area (Å²) in [5.41, 5.74) is -0.715. The maximum Gasteiger partial charge on any atom is 0.252 e. The third-order valence-corrected chi connectivity index (χ3v) is 7.64. The van der Waals surface area contributed by atoms with Crippen LogP contribution in [0.3, 0.4) is 0 Å². The van der Waals surface area contributed by atoms with Crippen LogP contribution in [-0.2, 0) is 26.1 Å². The lowest BCUT2D eigenvalue weighted by atomic mass is 9.78. The molecule has 1 N–H and O–H groups in total. The number of carbonyl (C=O) groups is 1. The van der Waals surface area contributed by atoms with Crippen molar-refractivity contribution < 1.29 is 26.8 Å². The number of sulfonamides is 1. The normalized spacial score (nSPS) is 23.0. The Morgan fingerprint density at radius 2 is 2.00 bits per heavy atom. The minimum atomic E-state index is -3.71. The summed E-state index contributed by atoms with van der Waals surface area (Å²) in [6, 6.07) is 3.18. The van der Waals surface area contributed by atoms with E-state index >= 15 is 4.39 Å². The first kappa shape index (κ1) is 25.6. The monoisotopic (exact) mass is 546 g/mol. The molecule has 1 aromatic heterocycles. The van der Waals surface area contributed by atoms with Crippen LogP contribution < -0.4 is 4.72 Å². The molecule has 33 heavy (non-hydrogen) atoms. The topological polar surface area (TPSA) is 101 Å². The van der Waals surface area contributed by atoms with Crippen molar-refractivity contribution in [1.29, 1.82) is 0 Å². The van der Waals surface area contributed by atoms with E-state index in [0.717, 1.165) is 5.06 Å². The number of benzene rings is 1. The summed E-state index contributed by atoms with van der Waals surface area (Å²) in [4.78, 5) is 26.7. The van der Waals surface area contributed by atoms with E-state index in [4.69, 9.17) is 4.84 Å². The van der Waals surface area contributed by atoms with Crippen molar-refractivity contribution >= 4 is 31.9 Å². The number of halogens is 3. The van der Waals surface area contributed by atoms with Crippen LogP contribution >= 0.6 is 15.9 Å². The zero-order valence-electron chi connectivity index (χ0n) is 18.4. The third kappa shape index (κ3) is 5.73. The Balaban J connectivity index is 1.99. The van der Waals surface area contributed by atoms with Crippen LogP contribution in [0.5, 0.6) is 0 Å². The van der Waals surface area contributed by atoms with Gasteiger partial charge in [-0.2, -0.15) is 0 Å². The summed E-state index contributed by atoms with van der Waals surface area (Å²) in [5.74, 6) is -0.997. The van der Waals surface area contributed by atoms with Crippen LogP contribution in [0, 0.1) is 11.2 Å². The Kier molecular flexibility index (Phi) is 7.82. The number of hydroxylamine groups is 2. The zero-order chi connectivity index (χ0) is 24.4. The van der Waals surface area contributed by atoms with Gasteiger partial charge in [-0.05, 0) is 65.9 Å². The fraction of sp³-hybridized carbons (Fsp3) is 0.476. The number of nitrogens with one attached hydrogen (secondary N) is 1. The third-order valence-electron chi connectivity index (χ3n) is 5.81. The Bertz CT molecular complexity index is 1120. The molecule has 0 bridgehead atoms. The molecule has 3 rings (SSSR count). The number of carbonyl (C=O) groups excluding carboxylic acids is 1. The molecule has 1 amide bonds. The van der Waals surface area contributed by atoms with Gasteiger partial charge in [0.15, 0.2) is 5.82 Å². The second kappa shape index (κ2) is 10.1. The van der Waals surface area contributed by atoms with Crippen molar-refractivity contribution in [3.63, 3.8) is 0 Å². The van der Waals surface area contributed by atoms with Gasteiger partial charge in [0, 0.05) is 25.0 Å². The predicted octanol–water partition coefficient (Wildman–Crippen LogP) is 3.03. The molecule has 0 radical (unpaired) electrons. The zero-order valence-corrected chi connectivity index (χ0v) is 20.8. The first-order chi connectivity index (χ1) is 15.5. The van der Waals surface area contributed by atoms with E-state index in [-0.39, 0.29) is 30.6 Å². The van der Waals surface area contributed by atoms with Crippen molar-refractivity contribution in [3.05, 3.63) is 46.4 Å². The van der Waals surface area contributed by atoms with E-state index in [1.54, 1.807) is 12.4 Å². The average Bonchev–Trinajstić information content (AvgIpc) is 3.09.